The number of carbonyl (C=O) groups excluding carboxylic acids is 3. The summed E-state index contributed by atoms with van der Waals surface area (Å²) in [6.07, 6.45) is 1.22. The molecule has 39 heavy (non-hydrogen) atoms. The highest BCUT2D eigenvalue weighted by Gasteiger charge is 2.33. The summed E-state index contributed by atoms with van der Waals surface area (Å²) in [5.74, 6) is 5.18. The van der Waals surface area contributed by atoms with E-state index in [1.165, 1.54) is 38.3 Å². The summed E-state index contributed by atoms with van der Waals surface area (Å²) in [4.78, 5) is 38.8. The molecule has 0 aromatic heterocycles. The number of carbonyl (C=O) groups is 3. The molecule has 5 rings (SSSR count). The van der Waals surface area contributed by atoms with Gasteiger partial charge < -0.3 is 26.0 Å². The van der Waals surface area contributed by atoms with Crippen molar-refractivity contribution in [3.05, 3.63) is 65.2 Å². The van der Waals surface area contributed by atoms with E-state index in [4.69, 9.17) is 5.21 Å². The zero-order chi connectivity index (χ0) is 27.1. The maximum atomic E-state index is 12.4. The van der Waals surface area contributed by atoms with E-state index in [2.05, 4.69) is 32.7 Å². The van der Waals surface area contributed by atoms with Gasteiger partial charge in [0.1, 0.15) is 6.04 Å². The summed E-state index contributed by atoms with van der Waals surface area (Å²) in [5, 5.41) is 27.1. The first kappa shape index (κ1) is 29.8. The number of fused-ring (bicyclic) bond motifs is 3. The maximum absolute atomic E-state index is 12.4. The Kier molecular flexibility index (Phi) is 10.6. The first-order chi connectivity index (χ1) is 18.3. The number of piperidine rings is 3. The van der Waals surface area contributed by atoms with Gasteiger partial charge in [-0.3, -0.25) is 19.6 Å². The molecule has 0 unspecified atom stereocenters. The van der Waals surface area contributed by atoms with Crippen LogP contribution in [0.3, 0.4) is 0 Å². The van der Waals surface area contributed by atoms with Crippen molar-refractivity contribution in [2.24, 2.45) is 5.92 Å². The predicted octanol–water partition coefficient (Wildman–Crippen LogP) is 1.33. The Morgan fingerprint density at radius 1 is 1.00 bits per heavy atom. The minimum Gasteiger partial charge on any atom is -0.391 e. The van der Waals surface area contributed by atoms with Crippen LogP contribution in [0.5, 0.6) is 0 Å². The van der Waals surface area contributed by atoms with E-state index in [9.17, 15) is 19.5 Å². The van der Waals surface area contributed by atoms with Crippen molar-refractivity contribution in [2.45, 2.75) is 45.4 Å². The molecule has 208 valence electrons. The predicted molar refractivity (Wildman–Crippen MR) is 148 cm³/mol. The molecule has 2 bridgehead atoms. The summed E-state index contributed by atoms with van der Waals surface area (Å²) >= 11 is 0. The summed E-state index contributed by atoms with van der Waals surface area (Å²) in [6, 6.07) is 12.8. The molecular weight excluding hydrogens is 498 g/mol. The van der Waals surface area contributed by atoms with E-state index >= 15 is 0 Å². The number of anilines is 1. The second-order valence-corrected chi connectivity index (χ2v) is 9.75. The minimum absolute atomic E-state index is 0. The molecular formula is C29H37N5O5. The SMILES string of the molecule is C.C[C@@H](O)[C@H](NC(=O)c1ccc(C#Cc2ccc(NC(=O)CN[C@@H]3CN4CCC3CC4)cc2)cc1)C(=O)NO. The number of nitrogens with one attached hydrogen (secondary N) is 4. The molecule has 3 atom stereocenters. The van der Waals surface area contributed by atoms with Gasteiger partial charge in [-0.1, -0.05) is 19.3 Å². The molecule has 3 aliphatic heterocycles. The van der Waals surface area contributed by atoms with E-state index < -0.39 is 24.0 Å². The van der Waals surface area contributed by atoms with Gasteiger partial charge in [-0.25, -0.2) is 5.48 Å². The highest BCUT2D eigenvalue weighted by Crippen LogP contribution is 2.27. The highest BCUT2D eigenvalue weighted by atomic mass is 16.5. The summed E-state index contributed by atoms with van der Waals surface area (Å²) < 4.78 is 0. The molecule has 2 aromatic carbocycles. The average Bonchev–Trinajstić information content (AvgIpc) is 2.94. The van der Waals surface area contributed by atoms with Crippen molar-refractivity contribution >= 4 is 23.4 Å². The van der Waals surface area contributed by atoms with Gasteiger partial charge >= 0.3 is 0 Å². The van der Waals surface area contributed by atoms with Crippen molar-refractivity contribution < 1.29 is 24.7 Å². The van der Waals surface area contributed by atoms with Crippen LogP contribution >= 0.6 is 0 Å². The van der Waals surface area contributed by atoms with Crippen LogP contribution in [-0.4, -0.2) is 77.3 Å². The zero-order valence-electron chi connectivity index (χ0n) is 21.2. The van der Waals surface area contributed by atoms with Gasteiger partial charge in [0.25, 0.3) is 11.8 Å². The number of nitrogens with zero attached hydrogens (tertiary/aromatic N) is 1. The molecule has 3 heterocycles. The molecule has 10 heteroatoms. The molecule has 0 saturated carbocycles. The van der Waals surface area contributed by atoms with Gasteiger partial charge in [-0.05, 0) is 87.3 Å². The number of hydrogen-bond donors (Lipinski definition) is 6. The molecule has 0 radical (unpaired) electrons. The molecule has 2 aromatic rings. The number of aliphatic hydroxyl groups excluding tert-OH is 1. The first-order valence-corrected chi connectivity index (χ1v) is 12.7. The Hall–Kier alpha value is -3.75. The average molecular weight is 536 g/mol. The van der Waals surface area contributed by atoms with Crippen LogP contribution in [0.2, 0.25) is 0 Å². The molecule has 0 spiro atoms. The molecule has 3 fully saturated rings. The van der Waals surface area contributed by atoms with E-state index in [0.29, 0.717) is 29.8 Å². The monoisotopic (exact) mass is 535 g/mol. The molecule has 3 aliphatic rings. The van der Waals surface area contributed by atoms with Crippen LogP contribution in [0, 0.1) is 17.8 Å². The lowest BCUT2D eigenvalue weighted by atomic mass is 9.84. The lowest BCUT2D eigenvalue weighted by Gasteiger charge is -2.45. The van der Waals surface area contributed by atoms with E-state index in [-0.39, 0.29) is 18.9 Å². The van der Waals surface area contributed by atoms with Crippen LogP contribution in [0.25, 0.3) is 0 Å². The smallest absolute Gasteiger partial charge is 0.268 e. The maximum Gasteiger partial charge on any atom is 0.268 e. The van der Waals surface area contributed by atoms with Crippen molar-refractivity contribution in [1.82, 2.24) is 21.0 Å². The van der Waals surface area contributed by atoms with E-state index in [0.717, 1.165) is 12.1 Å². The number of hydroxylamine groups is 1. The number of benzene rings is 2. The fourth-order valence-electron chi connectivity index (χ4n) is 4.81. The zero-order valence-corrected chi connectivity index (χ0v) is 21.2. The Bertz CT molecular complexity index is 1200. The lowest BCUT2D eigenvalue weighted by molar-refractivity contribution is -0.133. The van der Waals surface area contributed by atoms with Gasteiger partial charge in [0.05, 0.1) is 12.6 Å². The molecule has 10 nitrogen and oxygen atoms in total. The third-order valence-corrected chi connectivity index (χ3v) is 7.01. The standard InChI is InChI=1S/C28H33N5O5.CH4/c1-18(34)26(28(37)32-38)31-27(36)22-8-4-19(5-9-22)2-3-20-6-10-23(11-7-20)30-25(35)16-29-24-17-33-14-12-21(24)13-15-33;/h4-11,18,21,24,26,29,34,38H,12-17H2,1H3,(H,30,35)(H,31,36)(H,32,37);1H4/t18-,24-,26+;/m1./s1. The van der Waals surface area contributed by atoms with Crippen LogP contribution < -0.4 is 21.4 Å². The van der Waals surface area contributed by atoms with Gasteiger partial charge in [-0.2, -0.15) is 0 Å². The topological polar surface area (TPSA) is 143 Å². The highest BCUT2D eigenvalue weighted by molar-refractivity contribution is 5.97. The first-order valence-electron chi connectivity index (χ1n) is 12.7. The van der Waals surface area contributed by atoms with Crippen LogP contribution in [0.4, 0.5) is 5.69 Å². The van der Waals surface area contributed by atoms with Crippen molar-refractivity contribution in [1.29, 1.82) is 0 Å². The Labute approximate surface area is 229 Å². The number of amides is 3. The number of hydrogen-bond acceptors (Lipinski definition) is 7. The summed E-state index contributed by atoms with van der Waals surface area (Å²) in [5.41, 5.74) is 3.85. The van der Waals surface area contributed by atoms with E-state index in [1.54, 1.807) is 24.3 Å². The molecule has 3 saturated heterocycles. The van der Waals surface area contributed by atoms with Crippen LogP contribution in [0.15, 0.2) is 48.5 Å². The Balaban J connectivity index is 0.00000420. The molecule has 6 N–H and O–H groups in total. The van der Waals surface area contributed by atoms with Gasteiger partial charge in [0.15, 0.2) is 0 Å². The Morgan fingerprint density at radius 2 is 1.59 bits per heavy atom. The molecule has 0 aliphatic carbocycles. The lowest BCUT2D eigenvalue weighted by Crippen LogP contribution is -2.57. The molecule has 3 amide bonds. The normalized spacial score (nSPS) is 20.8. The number of aliphatic hydroxyl groups is 1. The largest absolute Gasteiger partial charge is 0.391 e. The van der Waals surface area contributed by atoms with Crippen molar-refractivity contribution in [3.8, 4) is 11.8 Å². The number of rotatable bonds is 8. The second kappa shape index (κ2) is 13.9. The third-order valence-electron chi connectivity index (χ3n) is 7.01. The Morgan fingerprint density at radius 3 is 2.10 bits per heavy atom. The van der Waals surface area contributed by atoms with Crippen LogP contribution in [0.1, 0.15) is 48.7 Å². The van der Waals surface area contributed by atoms with Gasteiger partial charge in [-0.15, -0.1) is 0 Å². The minimum atomic E-state index is -1.29. The van der Waals surface area contributed by atoms with Gasteiger partial charge in [0, 0.05) is 35.0 Å². The van der Waals surface area contributed by atoms with Crippen molar-refractivity contribution in [3.63, 3.8) is 0 Å². The fourth-order valence-corrected chi connectivity index (χ4v) is 4.81. The quantitative estimate of drug-likeness (QED) is 0.170. The van der Waals surface area contributed by atoms with Gasteiger partial charge in [0.2, 0.25) is 5.91 Å². The fraction of sp³-hybridized carbons (Fsp3) is 0.414. The third kappa shape index (κ3) is 8.12. The van der Waals surface area contributed by atoms with Crippen molar-refractivity contribution in [2.75, 3.05) is 31.5 Å². The van der Waals surface area contributed by atoms with Crippen LogP contribution in [-0.2, 0) is 9.59 Å². The second-order valence-electron chi connectivity index (χ2n) is 9.75. The summed E-state index contributed by atoms with van der Waals surface area (Å²) in [6.45, 7) is 4.99. The van der Waals surface area contributed by atoms with E-state index in [1.807, 2.05) is 24.3 Å². The summed E-state index contributed by atoms with van der Waals surface area (Å²) in [7, 11) is 0.